The van der Waals surface area contributed by atoms with E-state index in [9.17, 15) is 0 Å². The maximum Gasteiger partial charge on any atom is 0.102 e. The minimum absolute atomic E-state index is 0.176. The maximum absolute atomic E-state index is 8.76. The number of nitrogens with zero attached hydrogens (tertiary/aromatic N) is 3. The monoisotopic (exact) mass is 372 g/mol. The number of aryl methyl sites for hydroxylation is 2. The van der Waals surface area contributed by atoms with Crippen LogP contribution in [0.2, 0.25) is 0 Å². The Kier molecular flexibility index (Phi) is 5.15. The molecule has 0 bridgehead atoms. The summed E-state index contributed by atoms with van der Waals surface area (Å²) in [5.74, 6) is 0. The zero-order valence-corrected chi connectivity index (χ0v) is 13.0. The predicted molar refractivity (Wildman–Crippen MR) is 82.9 cm³/mol. The molecule has 0 fully saturated rings. The van der Waals surface area contributed by atoms with Gasteiger partial charge in [-0.05, 0) is 59.7 Å². The van der Waals surface area contributed by atoms with Crippen LogP contribution in [0.5, 0.6) is 0 Å². The number of halogens is 1. The standard InChI is InChI=1S/C13H17IN4O/c1-10-7-11(14)3-4-13(10)15-8-12-9-18(17-16-12)5-2-6-19/h3-4,7,9,15,19H,2,5-6,8H2,1H3. The van der Waals surface area contributed by atoms with Gasteiger partial charge in [-0.1, -0.05) is 5.21 Å². The number of hydrogen-bond acceptors (Lipinski definition) is 4. The van der Waals surface area contributed by atoms with Gasteiger partial charge in [0.05, 0.1) is 12.7 Å². The lowest BCUT2D eigenvalue weighted by Crippen LogP contribution is -2.02. The van der Waals surface area contributed by atoms with Crippen molar-refractivity contribution in [1.29, 1.82) is 0 Å². The van der Waals surface area contributed by atoms with Crippen LogP contribution in [0.3, 0.4) is 0 Å². The largest absolute Gasteiger partial charge is 0.396 e. The lowest BCUT2D eigenvalue weighted by atomic mass is 10.2. The molecule has 2 N–H and O–H groups in total. The van der Waals surface area contributed by atoms with Crippen molar-refractivity contribution in [2.75, 3.05) is 11.9 Å². The van der Waals surface area contributed by atoms with Gasteiger partial charge in [-0.25, -0.2) is 0 Å². The SMILES string of the molecule is Cc1cc(I)ccc1NCc1cn(CCCO)nn1. The molecule has 1 heterocycles. The second-order valence-electron chi connectivity index (χ2n) is 4.36. The van der Waals surface area contributed by atoms with Crippen molar-refractivity contribution in [3.63, 3.8) is 0 Å². The third kappa shape index (κ3) is 4.17. The summed E-state index contributed by atoms with van der Waals surface area (Å²) in [6.45, 7) is 3.62. The number of rotatable bonds is 6. The van der Waals surface area contributed by atoms with E-state index in [2.05, 4.69) is 63.3 Å². The van der Waals surface area contributed by atoms with Crippen molar-refractivity contribution in [1.82, 2.24) is 15.0 Å². The molecular weight excluding hydrogens is 355 g/mol. The van der Waals surface area contributed by atoms with Gasteiger partial charge in [-0.2, -0.15) is 0 Å². The van der Waals surface area contributed by atoms with E-state index in [4.69, 9.17) is 5.11 Å². The molecule has 0 atom stereocenters. The first-order valence-corrected chi connectivity index (χ1v) is 7.27. The van der Waals surface area contributed by atoms with E-state index in [1.807, 2.05) is 6.20 Å². The van der Waals surface area contributed by atoms with Crippen LogP contribution in [0.25, 0.3) is 0 Å². The van der Waals surface area contributed by atoms with Crippen LogP contribution < -0.4 is 5.32 Å². The number of nitrogens with one attached hydrogen (secondary N) is 1. The molecule has 0 aliphatic carbocycles. The number of aliphatic hydroxyl groups excluding tert-OH is 1. The van der Waals surface area contributed by atoms with E-state index in [1.54, 1.807) is 4.68 Å². The molecule has 102 valence electrons. The Bertz CT molecular complexity index is 541. The van der Waals surface area contributed by atoms with E-state index >= 15 is 0 Å². The van der Waals surface area contributed by atoms with E-state index in [1.165, 1.54) is 9.13 Å². The Morgan fingerprint density at radius 3 is 3.00 bits per heavy atom. The number of hydrogen-bond donors (Lipinski definition) is 2. The Balaban J connectivity index is 1.92. The van der Waals surface area contributed by atoms with Crippen LogP contribution in [0.4, 0.5) is 5.69 Å². The van der Waals surface area contributed by atoms with Gasteiger partial charge in [-0.3, -0.25) is 4.68 Å². The van der Waals surface area contributed by atoms with E-state index < -0.39 is 0 Å². The summed E-state index contributed by atoms with van der Waals surface area (Å²) in [6, 6.07) is 6.29. The van der Waals surface area contributed by atoms with Gasteiger partial charge >= 0.3 is 0 Å². The summed E-state index contributed by atoms with van der Waals surface area (Å²) in [5, 5.41) is 20.2. The van der Waals surface area contributed by atoms with Crippen LogP contribution in [0.1, 0.15) is 17.7 Å². The molecule has 5 nitrogen and oxygen atoms in total. The summed E-state index contributed by atoms with van der Waals surface area (Å²) in [6.07, 6.45) is 2.61. The molecule has 0 saturated carbocycles. The first-order chi connectivity index (χ1) is 9.19. The van der Waals surface area contributed by atoms with Crippen molar-refractivity contribution in [3.05, 3.63) is 39.2 Å². The van der Waals surface area contributed by atoms with Gasteiger partial charge in [0.25, 0.3) is 0 Å². The first-order valence-electron chi connectivity index (χ1n) is 6.19. The number of anilines is 1. The average Bonchev–Trinajstić information content (AvgIpc) is 2.83. The van der Waals surface area contributed by atoms with Crippen LogP contribution in [-0.2, 0) is 13.1 Å². The Morgan fingerprint density at radius 2 is 2.26 bits per heavy atom. The fraction of sp³-hybridized carbons (Fsp3) is 0.385. The highest BCUT2D eigenvalue weighted by molar-refractivity contribution is 14.1. The molecular formula is C13H17IN4O. The highest BCUT2D eigenvalue weighted by Crippen LogP contribution is 2.18. The molecule has 0 spiro atoms. The second-order valence-corrected chi connectivity index (χ2v) is 5.61. The van der Waals surface area contributed by atoms with Crippen LogP contribution >= 0.6 is 22.6 Å². The normalized spacial score (nSPS) is 10.7. The third-order valence-corrected chi connectivity index (χ3v) is 3.45. The topological polar surface area (TPSA) is 63.0 Å². The van der Waals surface area contributed by atoms with Crippen molar-refractivity contribution in [2.24, 2.45) is 0 Å². The molecule has 2 aromatic rings. The van der Waals surface area contributed by atoms with Gasteiger partial charge in [-0.15, -0.1) is 5.10 Å². The molecule has 0 amide bonds. The zero-order valence-electron chi connectivity index (χ0n) is 10.8. The predicted octanol–water partition coefficient (Wildman–Crippen LogP) is 2.19. The van der Waals surface area contributed by atoms with Crippen LogP contribution in [0.15, 0.2) is 24.4 Å². The Morgan fingerprint density at radius 1 is 1.42 bits per heavy atom. The lowest BCUT2D eigenvalue weighted by molar-refractivity contribution is 0.276. The molecule has 2 rings (SSSR count). The van der Waals surface area contributed by atoms with E-state index in [0.717, 1.165) is 11.4 Å². The minimum atomic E-state index is 0.176. The Labute approximate surface area is 126 Å². The second kappa shape index (κ2) is 6.85. The summed E-state index contributed by atoms with van der Waals surface area (Å²) >= 11 is 2.30. The molecule has 0 radical (unpaired) electrons. The molecule has 0 saturated heterocycles. The van der Waals surface area contributed by atoms with Crippen molar-refractivity contribution in [2.45, 2.75) is 26.4 Å². The lowest BCUT2D eigenvalue weighted by Gasteiger charge is -2.08. The zero-order chi connectivity index (χ0) is 13.7. The van der Waals surface area contributed by atoms with Gasteiger partial charge in [0.2, 0.25) is 0 Å². The summed E-state index contributed by atoms with van der Waals surface area (Å²) in [7, 11) is 0. The fourth-order valence-electron chi connectivity index (χ4n) is 1.77. The van der Waals surface area contributed by atoms with Crippen molar-refractivity contribution < 1.29 is 5.11 Å². The molecule has 0 aliphatic rings. The average molecular weight is 372 g/mol. The fourth-order valence-corrected chi connectivity index (χ4v) is 2.42. The summed E-state index contributed by atoms with van der Waals surface area (Å²) < 4.78 is 2.99. The summed E-state index contributed by atoms with van der Waals surface area (Å²) in [4.78, 5) is 0. The van der Waals surface area contributed by atoms with Gasteiger partial charge < -0.3 is 10.4 Å². The maximum atomic E-state index is 8.76. The smallest absolute Gasteiger partial charge is 0.102 e. The molecule has 6 heteroatoms. The van der Waals surface area contributed by atoms with Gasteiger partial charge in [0.1, 0.15) is 5.69 Å². The molecule has 0 unspecified atom stereocenters. The van der Waals surface area contributed by atoms with Crippen molar-refractivity contribution in [3.8, 4) is 0 Å². The molecule has 1 aromatic carbocycles. The quantitative estimate of drug-likeness (QED) is 0.764. The van der Waals surface area contributed by atoms with E-state index in [0.29, 0.717) is 19.5 Å². The van der Waals surface area contributed by atoms with Crippen LogP contribution in [0, 0.1) is 10.5 Å². The number of aromatic nitrogens is 3. The molecule has 1 aromatic heterocycles. The number of aliphatic hydroxyl groups is 1. The van der Waals surface area contributed by atoms with Gasteiger partial charge in [0.15, 0.2) is 0 Å². The number of benzene rings is 1. The minimum Gasteiger partial charge on any atom is -0.396 e. The molecule has 0 aliphatic heterocycles. The highest BCUT2D eigenvalue weighted by Gasteiger charge is 2.02. The van der Waals surface area contributed by atoms with Gasteiger partial charge in [0, 0.05) is 22.4 Å². The highest BCUT2D eigenvalue weighted by atomic mass is 127. The van der Waals surface area contributed by atoms with E-state index in [-0.39, 0.29) is 6.61 Å². The molecule has 19 heavy (non-hydrogen) atoms. The Hall–Kier alpha value is -1.15. The first kappa shape index (κ1) is 14.3. The van der Waals surface area contributed by atoms with Crippen molar-refractivity contribution >= 4 is 28.3 Å². The van der Waals surface area contributed by atoms with Crippen LogP contribution in [-0.4, -0.2) is 26.7 Å². The summed E-state index contributed by atoms with van der Waals surface area (Å²) in [5.41, 5.74) is 3.24. The third-order valence-electron chi connectivity index (χ3n) is 2.78.